The average Bonchev–Trinajstić information content (AvgIpc) is 2.33. The van der Waals surface area contributed by atoms with Crippen LogP contribution in [0.1, 0.15) is 39.0 Å². The van der Waals surface area contributed by atoms with E-state index in [1.165, 1.54) is 25.3 Å². The van der Waals surface area contributed by atoms with E-state index in [0.717, 1.165) is 18.9 Å². The number of halogens is 2. The van der Waals surface area contributed by atoms with Crippen LogP contribution in [-0.2, 0) is 0 Å². The first kappa shape index (κ1) is 13.1. The first-order valence-electron chi connectivity index (χ1n) is 6.49. The van der Waals surface area contributed by atoms with E-state index >= 15 is 0 Å². The maximum Gasteiger partial charge on any atom is 0.151 e. The lowest BCUT2D eigenvalue weighted by Gasteiger charge is -2.34. The minimum atomic E-state index is -0.703. The largest absolute Gasteiger partial charge is 0.395 e. The molecule has 0 bridgehead atoms. The van der Waals surface area contributed by atoms with E-state index in [-0.39, 0.29) is 11.1 Å². The molecule has 1 aromatic carbocycles. The third-order valence-corrected chi connectivity index (χ3v) is 3.86. The zero-order valence-electron chi connectivity index (χ0n) is 10.7. The van der Waals surface area contributed by atoms with E-state index in [4.69, 9.17) is 5.73 Å². The summed E-state index contributed by atoms with van der Waals surface area (Å²) in [6.45, 7) is 2.92. The van der Waals surface area contributed by atoms with Crippen LogP contribution in [-0.4, -0.2) is 6.54 Å². The van der Waals surface area contributed by atoms with Gasteiger partial charge in [-0.25, -0.2) is 8.78 Å². The summed E-state index contributed by atoms with van der Waals surface area (Å²) in [5.41, 5.74) is 6.16. The van der Waals surface area contributed by atoms with Crippen LogP contribution in [0.25, 0.3) is 0 Å². The highest BCUT2D eigenvalue weighted by molar-refractivity contribution is 5.66. The van der Waals surface area contributed by atoms with Gasteiger partial charge in [0, 0.05) is 12.6 Å². The second kappa shape index (κ2) is 5.12. The normalized spacial score (nSPS) is 18.6. The summed E-state index contributed by atoms with van der Waals surface area (Å²) in [7, 11) is 0. The number of hydrogen-bond acceptors (Lipinski definition) is 2. The molecule has 0 amide bonds. The SMILES string of the molecule is CC1(CNc2cc(F)cc(F)c2N)CCCCC1. The van der Waals surface area contributed by atoms with E-state index in [0.29, 0.717) is 12.2 Å². The molecule has 0 unspecified atom stereocenters. The zero-order chi connectivity index (χ0) is 13.2. The quantitative estimate of drug-likeness (QED) is 0.802. The number of nitrogens with two attached hydrogens (primary N) is 1. The van der Waals surface area contributed by atoms with Crippen LogP contribution in [0.15, 0.2) is 12.1 Å². The van der Waals surface area contributed by atoms with Gasteiger partial charge in [0.1, 0.15) is 5.82 Å². The van der Waals surface area contributed by atoms with Gasteiger partial charge in [0.25, 0.3) is 0 Å². The van der Waals surface area contributed by atoms with E-state index in [9.17, 15) is 8.78 Å². The summed E-state index contributed by atoms with van der Waals surface area (Å²) in [6.07, 6.45) is 6.04. The summed E-state index contributed by atoms with van der Waals surface area (Å²) < 4.78 is 26.4. The second-order valence-electron chi connectivity index (χ2n) is 5.57. The van der Waals surface area contributed by atoms with Gasteiger partial charge in [-0.05, 0) is 24.3 Å². The molecule has 1 aliphatic rings. The van der Waals surface area contributed by atoms with Gasteiger partial charge in [-0.3, -0.25) is 0 Å². The van der Waals surface area contributed by atoms with Gasteiger partial charge < -0.3 is 11.1 Å². The van der Waals surface area contributed by atoms with E-state index in [2.05, 4.69) is 12.2 Å². The molecular formula is C14H20F2N2. The maximum absolute atomic E-state index is 13.3. The molecule has 1 aliphatic carbocycles. The topological polar surface area (TPSA) is 38.0 Å². The van der Waals surface area contributed by atoms with Crippen molar-refractivity contribution in [1.29, 1.82) is 0 Å². The van der Waals surface area contributed by atoms with Crippen molar-refractivity contribution >= 4 is 11.4 Å². The van der Waals surface area contributed by atoms with Gasteiger partial charge in [-0.2, -0.15) is 0 Å². The predicted octanol–water partition coefficient (Wildman–Crippen LogP) is 3.93. The molecule has 1 fully saturated rings. The summed E-state index contributed by atoms with van der Waals surface area (Å²) in [6, 6.07) is 2.06. The third kappa shape index (κ3) is 2.92. The van der Waals surface area contributed by atoms with Crippen molar-refractivity contribution in [3.63, 3.8) is 0 Å². The number of hydrogen-bond donors (Lipinski definition) is 2. The Morgan fingerprint density at radius 3 is 2.56 bits per heavy atom. The van der Waals surface area contributed by atoms with Crippen LogP contribution in [0, 0.1) is 17.0 Å². The van der Waals surface area contributed by atoms with Crippen molar-refractivity contribution < 1.29 is 8.78 Å². The first-order valence-corrected chi connectivity index (χ1v) is 6.49. The molecule has 2 nitrogen and oxygen atoms in total. The van der Waals surface area contributed by atoms with Crippen LogP contribution in [0.5, 0.6) is 0 Å². The molecule has 0 radical (unpaired) electrons. The molecule has 1 aromatic rings. The van der Waals surface area contributed by atoms with Gasteiger partial charge in [0.15, 0.2) is 5.82 Å². The lowest BCUT2D eigenvalue weighted by molar-refractivity contribution is 0.233. The van der Waals surface area contributed by atoms with Crippen LogP contribution >= 0.6 is 0 Å². The van der Waals surface area contributed by atoms with E-state index < -0.39 is 11.6 Å². The van der Waals surface area contributed by atoms with Crippen LogP contribution in [0.3, 0.4) is 0 Å². The third-order valence-electron chi connectivity index (χ3n) is 3.86. The Balaban J connectivity index is 2.05. The van der Waals surface area contributed by atoms with E-state index in [1.807, 2.05) is 0 Å². The summed E-state index contributed by atoms with van der Waals surface area (Å²) >= 11 is 0. The molecule has 4 heteroatoms. The average molecular weight is 254 g/mol. The van der Waals surface area contributed by atoms with Gasteiger partial charge in [-0.1, -0.05) is 26.2 Å². The van der Waals surface area contributed by atoms with Crippen LogP contribution in [0.2, 0.25) is 0 Å². The molecule has 1 saturated carbocycles. The Morgan fingerprint density at radius 1 is 1.22 bits per heavy atom. The molecule has 0 aromatic heterocycles. The molecular weight excluding hydrogens is 234 g/mol. The lowest BCUT2D eigenvalue weighted by atomic mass is 9.76. The van der Waals surface area contributed by atoms with Gasteiger partial charge in [0.05, 0.1) is 11.4 Å². The highest BCUT2D eigenvalue weighted by atomic mass is 19.1. The fourth-order valence-electron chi connectivity index (χ4n) is 2.62. The highest BCUT2D eigenvalue weighted by Gasteiger charge is 2.26. The number of nitrogen functional groups attached to an aromatic ring is 1. The zero-order valence-corrected chi connectivity index (χ0v) is 10.7. The summed E-state index contributed by atoms with van der Waals surface area (Å²) in [5.74, 6) is -1.30. The minimum Gasteiger partial charge on any atom is -0.395 e. The smallest absolute Gasteiger partial charge is 0.151 e. The summed E-state index contributed by atoms with van der Waals surface area (Å²) in [5, 5.41) is 3.10. The highest BCUT2D eigenvalue weighted by Crippen LogP contribution is 2.36. The minimum absolute atomic E-state index is 0.00388. The number of nitrogens with one attached hydrogen (secondary N) is 1. The van der Waals surface area contributed by atoms with Crippen molar-refractivity contribution in [1.82, 2.24) is 0 Å². The van der Waals surface area contributed by atoms with Crippen molar-refractivity contribution in [3.05, 3.63) is 23.8 Å². The monoisotopic (exact) mass is 254 g/mol. The summed E-state index contributed by atoms with van der Waals surface area (Å²) in [4.78, 5) is 0. The van der Waals surface area contributed by atoms with Gasteiger partial charge >= 0.3 is 0 Å². The second-order valence-corrected chi connectivity index (χ2v) is 5.57. The Hall–Kier alpha value is -1.32. The molecule has 0 atom stereocenters. The number of benzene rings is 1. The first-order chi connectivity index (χ1) is 8.50. The lowest BCUT2D eigenvalue weighted by Crippen LogP contribution is -2.29. The van der Waals surface area contributed by atoms with Crippen molar-refractivity contribution in [3.8, 4) is 0 Å². The molecule has 0 aliphatic heterocycles. The standard InChI is InChI=1S/C14H20F2N2/c1-14(5-3-2-4-6-14)9-18-12-8-10(15)7-11(16)13(12)17/h7-8,18H,2-6,9,17H2,1H3. The fourth-order valence-corrected chi connectivity index (χ4v) is 2.62. The Kier molecular flexibility index (Phi) is 3.73. The molecule has 3 N–H and O–H groups in total. The van der Waals surface area contributed by atoms with Crippen LogP contribution in [0.4, 0.5) is 20.2 Å². The Bertz CT molecular complexity index is 426. The van der Waals surface area contributed by atoms with Gasteiger partial charge in [-0.15, -0.1) is 0 Å². The van der Waals surface area contributed by atoms with Crippen molar-refractivity contribution in [2.24, 2.45) is 5.41 Å². The van der Waals surface area contributed by atoms with Crippen LogP contribution < -0.4 is 11.1 Å². The van der Waals surface area contributed by atoms with Crippen molar-refractivity contribution in [2.75, 3.05) is 17.6 Å². The molecule has 0 spiro atoms. The number of rotatable bonds is 3. The Morgan fingerprint density at radius 2 is 1.89 bits per heavy atom. The Labute approximate surface area is 107 Å². The number of anilines is 2. The van der Waals surface area contributed by atoms with Crippen molar-refractivity contribution in [2.45, 2.75) is 39.0 Å². The fraction of sp³-hybridized carbons (Fsp3) is 0.571. The molecule has 18 heavy (non-hydrogen) atoms. The molecule has 100 valence electrons. The molecule has 0 heterocycles. The molecule has 0 saturated heterocycles. The molecule has 2 rings (SSSR count). The van der Waals surface area contributed by atoms with Gasteiger partial charge in [0.2, 0.25) is 0 Å². The maximum atomic E-state index is 13.3. The van der Waals surface area contributed by atoms with E-state index in [1.54, 1.807) is 0 Å². The predicted molar refractivity (Wildman–Crippen MR) is 70.5 cm³/mol.